The zero-order valence-corrected chi connectivity index (χ0v) is 11.8. The van der Waals surface area contributed by atoms with E-state index in [0.29, 0.717) is 0 Å². The molecule has 5 heteroatoms. The molecule has 0 aliphatic carbocycles. The minimum absolute atomic E-state index is 0.0215. The molecule has 1 saturated heterocycles. The topological polar surface area (TPSA) is 41.1 Å². The third-order valence-electron chi connectivity index (χ3n) is 4.08. The average molecular weight is 282 g/mol. The Labute approximate surface area is 117 Å². The summed E-state index contributed by atoms with van der Waals surface area (Å²) in [5.41, 5.74) is -0.581. The Bertz CT molecular complexity index is 497. The normalized spacial score (nSPS) is 19.7. The van der Waals surface area contributed by atoms with Crippen LogP contribution in [0.5, 0.6) is 0 Å². The van der Waals surface area contributed by atoms with Crippen molar-refractivity contribution in [1.82, 2.24) is 5.32 Å². The van der Waals surface area contributed by atoms with Gasteiger partial charge in [0.1, 0.15) is 11.6 Å². The molecule has 1 aromatic carbocycles. The fraction of sp³-hybridized carbons (Fsp3) is 0.533. The van der Waals surface area contributed by atoms with Gasteiger partial charge >= 0.3 is 0 Å². The lowest BCUT2D eigenvalue weighted by atomic mass is 9.74. The molecule has 0 saturated carbocycles. The van der Waals surface area contributed by atoms with Crippen LogP contribution in [0.3, 0.4) is 0 Å². The van der Waals surface area contributed by atoms with Gasteiger partial charge in [0, 0.05) is 11.5 Å². The highest BCUT2D eigenvalue weighted by atomic mass is 19.1. The van der Waals surface area contributed by atoms with Gasteiger partial charge in [0.2, 0.25) is 5.91 Å². The number of halogens is 2. The van der Waals surface area contributed by atoms with Gasteiger partial charge in [-0.15, -0.1) is 0 Å². The predicted octanol–water partition coefficient (Wildman–Crippen LogP) is 2.93. The van der Waals surface area contributed by atoms with Gasteiger partial charge in [-0.3, -0.25) is 4.79 Å². The fourth-order valence-corrected chi connectivity index (χ4v) is 2.53. The van der Waals surface area contributed by atoms with E-state index < -0.39 is 17.0 Å². The molecule has 2 rings (SSSR count). The van der Waals surface area contributed by atoms with Gasteiger partial charge < -0.3 is 10.6 Å². The Hall–Kier alpha value is -1.49. The van der Waals surface area contributed by atoms with Gasteiger partial charge in [-0.1, -0.05) is 13.8 Å². The predicted molar refractivity (Wildman–Crippen MR) is 74.4 cm³/mol. The average Bonchev–Trinajstić information content (AvgIpc) is 2.42. The molecule has 0 aromatic heterocycles. The summed E-state index contributed by atoms with van der Waals surface area (Å²) >= 11 is 0. The molecule has 3 nitrogen and oxygen atoms in total. The quantitative estimate of drug-likeness (QED) is 0.895. The number of nitrogens with one attached hydrogen (secondary N) is 2. The van der Waals surface area contributed by atoms with Crippen molar-refractivity contribution in [3.63, 3.8) is 0 Å². The van der Waals surface area contributed by atoms with Crippen molar-refractivity contribution in [3.05, 3.63) is 29.8 Å². The van der Waals surface area contributed by atoms with Gasteiger partial charge in [-0.25, -0.2) is 8.78 Å². The summed E-state index contributed by atoms with van der Waals surface area (Å²) in [6.45, 7) is 5.48. The maximum atomic E-state index is 13.6. The smallest absolute Gasteiger partial charge is 0.230 e. The van der Waals surface area contributed by atoms with E-state index in [0.717, 1.165) is 38.1 Å². The van der Waals surface area contributed by atoms with Crippen LogP contribution in [0.2, 0.25) is 0 Å². The first-order valence-electron chi connectivity index (χ1n) is 6.88. The Morgan fingerprint density at radius 3 is 2.75 bits per heavy atom. The number of rotatable bonds is 3. The first-order valence-corrected chi connectivity index (χ1v) is 6.88. The van der Waals surface area contributed by atoms with Crippen LogP contribution in [-0.2, 0) is 4.79 Å². The molecule has 2 N–H and O–H groups in total. The molecule has 1 heterocycles. The number of piperidine rings is 1. The minimum atomic E-state index is -0.754. The summed E-state index contributed by atoms with van der Waals surface area (Å²) in [6.07, 6.45) is 2.01. The van der Waals surface area contributed by atoms with E-state index >= 15 is 0 Å². The molecule has 1 amide bonds. The summed E-state index contributed by atoms with van der Waals surface area (Å²) in [5.74, 6) is -1.44. The summed E-state index contributed by atoms with van der Waals surface area (Å²) in [4.78, 5) is 12.4. The monoisotopic (exact) mass is 282 g/mol. The molecule has 110 valence electrons. The number of benzene rings is 1. The molecule has 1 unspecified atom stereocenters. The van der Waals surface area contributed by atoms with Crippen molar-refractivity contribution in [1.29, 1.82) is 0 Å². The third-order valence-corrected chi connectivity index (χ3v) is 4.08. The van der Waals surface area contributed by atoms with Crippen LogP contribution < -0.4 is 10.6 Å². The van der Waals surface area contributed by atoms with Gasteiger partial charge in [-0.05, 0) is 44.0 Å². The number of anilines is 1. The maximum absolute atomic E-state index is 13.6. The first kappa shape index (κ1) is 14.9. The first-order chi connectivity index (χ1) is 9.41. The van der Waals surface area contributed by atoms with Crippen LogP contribution >= 0.6 is 0 Å². The molecular weight excluding hydrogens is 262 g/mol. The van der Waals surface area contributed by atoms with Crippen molar-refractivity contribution in [2.45, 2.75) is 26.7 Å². The van der Waals surface area contributed by atoms with E-state index in [4.69, 9.17) is 0 Å². The number of carbonyl (C=O) groups is 1. The summed E-state index contributed by atoms with van der Waals surface area (Å²) in [5, 5.41) is 5.84. The van der Waals surface area contributed by atoms with E-state index in [2.05, 4.69) is 10.6 Å². The van der Waals surface area contributed by atoms with Crippen molar-refractivity contribution >= 4 is 11.6 Å². The number of hydrogen-bond acceptors (Lipinski definition) is 2. The standard InChI is InChI=1S/C15H20F2N2O/c1-15(2,10-4-3-7-18-9-10)14(20)19-13-6-5-11(16)8-12(13)17/h5-6,8,10,18H,3-4,7,9H2,1-2H3,(H,19,20). The largest absolute Gasteiger partial charge is 0.323 e. The molecule has 1 aliphatic heterocycles. The summed E-state index contributed by atoms with van der Waals surface area (Å²) in [7, 11) is 0. The van der Waals surface area contributed by atoms with E-state index in [1.165, 1.54) is 6.07 Å². The maximum Gasteiger partial charge on any atom is 0.230 e. The highest BCUT2D eigenvalue weighted by molar-refractivity contribution is 5.95. The Balaban J connectivity index is 2.09. The van der Waals surface area contributed by atoms with E-state index in [1.54, 1.807) is 0 Å². The molecule has 20 heavy (non-hydrogen) atoms. The fourth-order valence-electron chi connectivity index (χ4n) is 2.53. The molecule has 1 fully saturated rings. The molecule has 1 aliphatic rings. The van der Waals surface area contributed by atoms with Gasteiger partial charge in [-0.2, -0.15) is 0 Å². The van der Waals surface area contributed by atoms with E-state index in [1.807, 2.05) is 13.8 Å². The van der Waals surface area contributed by atoms with E-state index in [-0.39, 0.29) is 17.5 Å². The molecule has 0 radical (unpaired) electrons. The third kappa shape index (κ3) is 3.15. The second-order valence-corrected chi connectivity index (χ2v) is 5.84. The molecule has 1 atom stereocenters. The highest BCUT2D eigenvalue weighted by Gasteiger charge is 2.37. The van der Waals surface area contributed by atoms with Gasteiger partial charge in [0.25, 0.3) is 0 Å². The van der Waals surface area contributed by atoms with Crippen LogP contribution in [-0.4, -0.2) is 19.0 Å². The van der Waals surface area contributed by atoms with E-state index in [9.17, 15) is 13.6 Å². The Kier molecular flexibility index (Phi) is 4.38. The van der Waals surface area contributed by atoms with Crippen molar-refractivity contribution in [2.24, 2.45) is 11.3 Å². The molecule has 0 bridgehead atoms. The van der Waals surface area contributed by atoms with Crippen molar-refractivity contribution < 1.29 is 13.6 Å². The minimum Gasteiger partial charge on any atom is -0.323 e. The molecule has 1 aromatic rings. The SMILES string of the molecule is CC(C)(C(=O)Nc1ccc(F)cc1F)C1CCCNC1. The zero-order valence-electron chi connectivity index (χ0n) is 11.8. The second-order valence-electron chi connectivity index (χ2n) is 5.84. The van der Waals surface area contributed by atoms with Crippen LogP contribution in [0, 0.1) is 23.0 Å². The lowest BCUT2D eigenvalue weighted by Crippen LogP contribution is -2.44. The van der Waals surface area contributed by atoms with Crippen LogP contribution in [0.25, 0.3) is 0 Å². The number of hydrogen-bond donors (Lipinski definition) is 2. The number of amides is 1. The molecule has 0 spiro atoms. The summed E-state index contributed by atoms with van der Waals surface area (Å²) < 4.78 is 26.4. The lowest BCUT2D eigenvalue weighted by molar-refractivity contribution is -0.127. The van der Waals surface area contributed by atoms with Crippen molar-refractivity contribution in [2.75, 3.05) is 18.4 Å². The van der Waals surface area contributed by atoms with Gasteiger partial charge in [0.05, 0.1) is 5.69 Å². The summed E-state index contributed by atoms with van der Waals surface area (Å²) in [6, 6.07) is 3.15. The molecular formula is C15H20F2N2O. The zero-order chi connectivity index (χ0) is 14.8. The van der Waals surface area contributed by atoms with Crippen LogP contribution in [0.15, 0.2) is 18.2 Å². The Morgan fingerprint density at radius 1 is 1.40 bits per heavy atom. The van der Waals surface area contributed by atoms with Gasteiger partial charge in [0.15, 0.2) is 0 Å². The highest BCUT2D eigenvalue weighted by Crippen LogP contribution is 2.33. The van der Waals surface area contributed by atoms with Crippen LogP contribution in [0.1, 0.15) is 26.7 Å². The lowest BCUT2D eigenvalue weighted by Gasteiger charge is -2.36. The second kappa shape index (κ2) is 5.87. The van der Waals surface area contributed by atoms with Crippen LogP contribution in [0.4, 0.5) is 14.5 Å². The van der Waals surface area contributed by atoms with Crippen molar-refractivity contribution in [3.8, 4) is 0 Å². The number of carbonyl (C=O) groups excluding carboxylic acids is 1. The Morgan fingerprint density at radius 2 is 2.15 bits per heavy atom.